The predicted molar refractivity (Wildman–Crippen MR) is 120 cm³/mol. The van der Waals surface area contributed by atoms with E-state index in [2.05, 4.69) is 34.4 Å². The lowest BCUT2D eigenvalue weighted by Gasteiger charge is -2.34. The molecule has 0 spiro atoms. The van der Waals surface area contributed by atoms with Crippen LogP contribution in [0.25, 0.3) is 0 Å². The maximum Gasteiger partial charge on any atom is 0.191 e. The predicted octanol–water partition coefficient (Wildman–Crippen LogP) is 1.86. The van der Waals surface area contributed by atoms with Crippen LogP contribution in [0, 0.1) is 0 Å². The summed E-state index contributed by atoms with van der Waals surface area (Å²) in [5, 5.41) is 6.60. The monoisotopic (exact) mass is 498 g/mol. The zero-order valence-electron chi connectivity index (χ0n) is 17.1. The van der Waals surface area contributed by atoms with Gasteiger partial charge in [-0.25, -0.2) is 0 Å². The standard InChI is InChI=1S/C19H38N4O3.HI/c1-3-5-10-24-12-13-25-11-8-21-19(20-4-2)22-14-18-15-23-9-6-7-17(23)16-26-18;/h17-18H,3-16H2,1-2H3,(H2,20,21,22);1H. The summed E-state index contributed by atoms with van der Waals surface area (Å²) < 4.78 is 17.0. The highest BCUT2D eigenvalue weighted by Crippen LogP contribution is 2.22. The van der Waals surface area contributed by atoms with E-state index in [0.717, 1.165) is 45.2 Å². The SMILES string of the molecule is CCCCOCCOCCNC(=NCC1CN2CCCC2CO1)NCC.I. The fraction of sp³-hybridized carbons (Fsp3) is 0.947. The number of nitrogens with one attached hydrogen (secondary N) is 2. The Hall–Kier alpha value is -0.160. The number of fused-ring (bicyclic) bond motifs is 1. The van der Waals surface area contributed by atoms with Crippen molar-refractivity contribution < 1.29 is 14.2 Å². The molecule has 2 heterocycles. The number of nitrogens with zero attached hydrogens (tertiary/aromatic N) is 2. The fourth-order valence-corrected chi connectivity index (χ4v) is 3.34. The van der Waals surface area contributed by atoms with Gasteiger partial charge in [-0.3, -0.25) is 9.89 Å². The average molecular weight is 498 g/mol. The third-order valence-electron chi connectivity index (χ3n) is 4.81. The van der Waals surface area contributed by atoms with Crippen LogP contribution in [-0.2, 0) is 14.2 Å². The first-order chi connectivity index (χ1) is 12.8. The molecule has 0 saturated carbocycles. The third-order valence-corrected chi connectivity index (χ3v) is 4.81. The van der Waals surface area contributed by atoms with Crippen molar-refractivity contribution in [2.45, 2.75) is 51.7 Å². The van der Waals surface area contributed by atoms with E-state index in [0.29, 0.717) is 32.4 Å². The summed E-state index contributed by atoms with van der Waals surface area (Å²) in [6.45, 7) is 12.4. The minimum Gasteiger partial charge on any atom is -0.379 e. The molecule has 27 heavy (non-hydrogen) atoms. The van der Waals surface area contributed by atoms with E-state index >= 15 is 0 Å². The Morgan fingerprint density at radius 2 is 1.96 bits per heavy atom. The van der Waals surface area contributed by atoms with Crippen LogP contribution in [0.1, 0.15) is 39.5 Å². The Morgan fingerprint density at radius 3 is 2.74 bits per heavy atom. The summed E-state index contributed by atoms with van der Waals surface area (Å²) in [5.41, 5.74) is 0. The molecule has 0 bridgehead atoms. The van der Waals surface area contributed by atoms with Crippen LogP contribution in [0.4, 0.5) is 0 Å². The molecule has 8 heteroatoms. The van der Waals surface area contributed by atoms with Crippen LogP contribution >= 0.6 is 24.0 Å². The minimum absolute atomic E-state index is 0. The first-order valence-corrected chi connectivity index (χ1v) is 10.4. The van der Waals surface area contributed by atoms with E-state index in [-0.39, 0.29) is 30.1 Å². The molecule has 160 valence electrons. The molecular weight excluding hydrogens is 459 g/mol. The molecule has 2 atom stereocenters. The van der Waals surface area contributed by atoms with Crippen molar-refractivity contribution in [3.8, 4) is 0 Å². The van der Waals surface area contributed by atoms with Gasteiger partial charge in [-0.1, -0.05) is 13.3 Å². The van der Waals surface area contributed by atoms with Gasteiger partial charge in [0.15, 0.2) is 5.96 Å². The lowest BCUT2D eigenvalue weighted by Crippen LogP contribution is -2.47. The second-order valence-corrected chi connectivity index (χ2v) is 6.97. The Bertz CT molecular complexity index is 401. The molecule has 0 aliphatic carbocycles. The Kier molecular flexibility index (Phi) is 14.5. The van der Waals surface area contributed by atoms with Gasteiger partial charge >= 0.3 is 0 Å². The molecule has 7 nitrogen and oxygen atoms in total. The van der Waals surface area contributed by atoms with Gasteiger partial charge in [-0.2, -0.15) is 0 Å². The molecule has 0 radical (unpaired) electrons. The normalized spacial score (nSPS) is 23.0. The molecule has 0 aromatic carbocycles. The summed E-state index contributed by atoms with van der Waals surface area (Å²) in [5.74, 6) is 0.836. The molecule has 2 aliphatic rings. The number of ether oxygens (including phenoxy) is 3. The second kappa shape index (κ2) is 15.7. The number of aliphatic imine (C=N–C) groups is 1. The molecule has 0 aromatic heterocycles. The molecular formula is C19H39IN4O3. The molecule has 2 aliphatic heterocycles. The smallest absolute Gasteiger partial charge is 0.191 e. The summed E-state index contributed by atoms with van der Waals surface area (Å²) in [6.07, 6.45) is 5.08. The summed E-state index contributed by atoms with van der Waals surface area (Å²) in [6, 6.07) is 0.643. The third kappa shape index (κ3) is 10.3. The van der Waals surface area contributed by atoms with E-state index in [1.165, 1.54) is 25.8 Å². The fourth-order valence-electron chi connectivity index (χ4n) is 3.34. The van der Waals surface area contributed by atoms with Crippen molar-refractivity contribution >= 4 is 29.9 Å². The number of rotatable bonds is 12. The van der Waals surface area contributed by atoms with E-state index < -0.39 is 0 Å². The van der Waals surface area contributed by atoms with Crippen LogP contribution in [0.2, 0.25) is 0 Å². The van der Waals surface area contributed by atoms with Crippen molar-refractivity contribution in [2.75, 3.05) is 65.8 Å². The van der Waals surface area contributed by atoms with E-state index in [4.69, 9.17) is 14.2 Å². The van der Waals surface area contributed by atoms with Gasteiger partial charge < -0.3 is 24.8 Å². The highest BCUT2D eigenvalue weighted by molar-refractivity contribution is 14.0. The van der Waals surface area contributed by atoms with Gasteiger partial charge in [0, 0.05) is 32.3 Å². The molecule has 2 fully saturated rings. The number of halogens is 1. The van der Waals surface area contributed by atoms with Gasteiger partial charge in [-0.05, 0) is 32.7 Å². The van der Waals surface area contributed by atoms with Crippen molar-refractivity contribution in [1.29, 1.82) is 0 Å². The molecule has 0 amide bonds. The van der Waals surface area contributed by atoms with E-state index in [9.17, 15) is 0 Å². The topological polar surface area (TPSA) is 67.4 Å². The van der Waals surface area contributed by atoms with Crippen molar-refractivity contribution in [2.24, 2.45) is 4.99 Å². The van der Waals surface area contributed by atoms with E-state index in [1.807, 2.05) is 0 Å². The Balaban J connectivity index is 0.00000364. The Morgan fingerprint density at radius 1 is 1.15 bits per heavy atom. The molecule has 2 rings (SSSR count). The van der Waals surface area contributed by atoms with Crippen LogP contribution in [0.5, 0.6) is 0 Å². The lowest BCUT2D eigenvalue weighted by atomic mass is 10.2. The number of hydrogen-bond donors (Lipinski definition) is 2. The molecule has 2 N–H and O–H groups in total. The van der Waals surface area contributed by atoms with Crippen molar-refractivity contribution in [3.05, 3.63) is 0 Å². The molecule has 2 saturated heterocycles. The summed E-state index contributed by atoms with van der Waals surface area (Å²) in [4.78, 5) is 7.24. The quantitative estimate of drug-likeness (QED) is 0.185. The summed E-state index contributed by atoms with van der Waals surface area (Å²) in [7, 11) is 0. The largest absolute Gasteiger partial charge is 0.379 e. The van der Waals surface area contributed by atoms with Crippen LogP contribution < -0.4 is 10.6 Å². The number of hydrogen-bond acceptors (Lipinski definition) is 5. The van der Waals surface area contributed by atoms with Crippen LogP contribution in [-0.4, -0.2) is 88.8 Å². The maximum absolute atomic E-state index is 5.98. The highest BCUT2D eigenvalue weighted by Gasteiger charge is 2.31. The zero-order chi connectivity index (χ0) is 18.5. The molecule has 0 aromatic rings. The van der Waals surface area contributed by atoms with Gasteiger partial charge in [0.25, 0.3) is 0 Å². The van der Waals surface area contributed by atoms with Crippen LogP contribution in [0.15, 0.2) is 4.99 Å². The Labute approximate surface area is 182 Å². The van der Waals surface area contributed by atoms with Crippen LogP contribution in [0.3, 0.4) is 0 Å². The minimum atomic E-state index is 0. The lowest BCUT2D eigenvalue weighted by molar-refractivity contribution is -0.0432. The highest BCUT2D eigenvalue weighted by atomic mass is 127. The van der Waals surface area contributed by atoms with Gasteiger partial charge in [0.2, 0.25) is 0 Å². The van der Waals surface area contributed by atoms with Gasteiger partial charge in [-0.15, -0.1) is 24.0 Å². The van der Waals surface area contributed by atoms with Gasteiger partial charge in [0.1, 0.15) is 0 Å². The van der Waals surface area contributed by atoms with Crippen molar-refractivity contribution in [3.63, 3.8) is 0 Å². The number of unbranched alkanes of at least 4 members (excludes halogenated alkanes) is 1. The maximum atomic E-state index is 5.98. The van der Waals surface area contributed by atoms with E-state index in [1.54, 1.807) is 0 Å². The number of morpholine rings is 1. The zero-order valence-corrected chi connectivity index (χ0v) is 19.4. The summed E-state index contributed by atoms with van der Waals surface area (Å²) >= 11 is 0. The first kappa shape index (κ1) is 24.9. The second-order valence-electron chi connectivity index (χ2n) is 6.97. The first-order valence-electron chi connectivity index (χ1n) is 10.4. The average Bonchev–Trinajstić information content (AvgIpc) is 3.12. The van der Waals surface area contributed by atoms with Crippen molar-refractivity contribution in [1.82, 2.24) is 15.5 Å². The molecule has 2 unspecified atom stereocenters. The van der Waals surface area contributed by atoms with Gasteiger partial charge in [0.05, 0.1) is 39.1 Å². The number of guanidine groups is 1.